The van der Waals surface area contributed by atoms with E-state index in [1.54, 1.807) is 0 Å². The lowest BCUT2D eigenvalue weighted by Crippen LogP contribution is -2.53. The highest BCUT2D eigenvalue weighted by atomic mass is 16.5. The van der Waals surface area contributed by atoms with Gasteiger partial charge in [0.25, 0.3) is 5.91 Å². The topological polar surface area (TPSA) is 61.9 Å². The van der Waals surface area contributed by atoms with Gasteiger partial charge >= 0.3 is 0 Å². The van der Waals surface area contributed by atoms with Crippen LogP contribution in [0.1, 0.15) is 18.4 Å². The van der Waals surface area contributed by atoms with Crippen LogP contribution in [0.15, 0.2) is 30.3 Å². The lowest BCUT2D eigenvalue weighted by molar-refractivity contribution is -0.142. The minimum absolute atomic E-state index is 0.0257. The van der Waals surface area contributed by atoms with Gasteiger partial charge in [0.15, 0.2) is 0 Å². The van der Waals surface area contributed by atoms with Crippen molar-refractivity contribution in [1.82, 2.24) is 15.1 Å². The van der Waals surface area contributed by atoms with E-state index >= 15 is 0 Å². The highest BCUT2D eigenvalue weighted by Crippen LogP contribution is 2.15. The quantitative estimate of drug-likeness (QED) is 0.859. The number of nitrogens with one attached hydrogen (secondary N) is 1. The molecule has 6 heteroatoms. The van der Waals surface area contributed by atoms with Crippen molar-refractivity contribution in [1.29, 1.82) is 0 Å². The van der Waals surface area contributed by atoms with Crippen molar-refractivity contribution < 1.29 is 14.3 Å². The Morgan fingerprint density at radius 3 is 2.54 bits per heavy atom. The Balaban J connectivity index is 1.37. The van der Waals surface area contributed by atoms with Crippen LogP contribution in [0.3, 0.4) is 0 Å². The smallest absolute Gasteiger partial charge is 0.251 e. The van der Waals surface area contributed by atoms with E-state index in [4.69, 9.17) is 4.74 Å². The van der Waals surface area contributed by atoms with E-state index in [1.165, 1.54) is 0 Å². The number of carbonyl (C=O) groups is 2. The summed E-state index contributed by atoms with van der Waals surface area (Å²) >= 11 is 0. The predicted molar refractivity (Wildman–Crippen MR) is 90.3 cm³/mol. The molecule has 2 aliphatic heterocycles. The summed E-state index contributed by atoms with van der Waals surface area (Å²) in [6.07, 6.45) is 1.56. The highest BCUT2D eigenvalue weighted by Gasteiger charge is 2.30. The van der Waals surface area contributed by atoms with E-state index in [9.17, 15) is 9.59 Å². The van der Waals surface area contributed by atoms with Crippen LogP contribution < -0.4 is 5.32 Å². The average Bonchev–Trinajstić information content (AvgIpc) is 3.16. The first kappa shape index (κ1) is 16.9. The summed E-state index contributed by atoms with van der Waals surface area (Å²) in [6.45, 7) is 4.44. The molecular formula is C18H25N3O3. The molecule has 3 rings (SSSR count). The Morgan fingerprint density at radius 2 is 1.88 bits per heavy atom. The van der Waals surface area contributed by atoms with Gasteiger partial charge in [-0.2, -0.15) is 0 Å². The maximum absolute atomic E-state index is 12.3. The number of hydrogen-bond donors (Lipinski definition) is 1. The number of nitrogens with zero attached hydrogens (tertiary/aromatic N) is 2. The fraction of sp³-hybridized carbons (Fsp3) is 0.556. The summed E-state index contributed by atoms with van der Waals surface area (Å²) in [6, 6.07) is 9.88. The van der Waals surface area contributed by atoms with Crippen molar-refractivity contribution in [3.63, 3.8) is 0 Å². The van der Waals surface area contributed by atoms with Gasteiger partial charge in [0.05, 0.1) is 6.54 Å². The third-order valence-electron chi connectivity index (χ3n) is 4.59. The molecule has 1 aromatic rings. The van der Waals surface area contributed by atoms with Gasteiger partial charge in [-0.25, -0.2) is 0 Å². The normalized spacial score (nSPS) is 21.7. The highest BCUT2D eigenvalue weighted by molar-refractivity contribution is 5.81. The number of rotatable bonds is 5. The first-order valence-electron chi connectivity index (χ1n) is 8.66. The maximum atomic E-state index is 12.3. The Kier molecular flexibility index (Phi) is 5.82. The molecule has 0 unspecified atom stereocenters. The SMILES string of the molecule is O=C(CN1CCN(C(=O)[C@H]2CCCO2)CC1)NCc1ccccc1. The van der Waals surface area contributed by atoms with Crippen LogP contribution in [-0.2, 0) is 20.9 Å². The molecule has 2 heterocycles. The molecule has 6 nitrogen and oxygen atoms in total. The largest absolute Gasteiger partial charge is 0.368 e. The molecule has 2 aliphatic rings. The molecule has 2 fully saturated rings. The van der Waals surface area contributed by atoms with Gasteiger partial charge in [-0.3, -0.25) is 14.5 Å². The molecule has 0 radical (unpaired) electrons. The standard InChI is InChI=1S/C18H25N3O3/c22-17(19-13-15-5-2-1-3-6-15)14-20-8-10-21(11-9-20)18(23)16-7-4-12-24-16/h1-3,5-6,16H,4,7-14H2,(H,19,22)/t16-/m1/s1. The van der Waals surface area contributed by atoms with Crippen LogP contribution in [0.25, 0.3) is 0 Å². The second-order valence-corrected chi connectivity index (χ2v) is 6.37. The van der Waals surface area contributed by atoms with E-state index in [-0.39, 0.29) is 17.9 Å². The van der Waals surface area contributed by atoms with Crippen molar-refractivity contribution in [3.05, 3.63) is 35.9 Å². The summed E-state index contributed by atoms with van der Waals surface area (Å²) in [7, 11) is 0. The van der Waals surface area contributed by atoms with Gasteiger partial charge in [-0.05, 0) is 18.4 Å². The second-order valence-electron chi connectivity index (χ2n) is 6.37. The molecule has 1 N–H and O–H groups in total. The van der Waals surface area contributed by atoms with Gasteiger partial charge in [-0.15, -0.1) is 0 Å². The van der Waals surface area contributed by atoms with E-state index in [1.807, 2.05) is 35.2 Å². The van der Waals surface area contributed by atoms with Gasteiger partial charge in [0, 0.05) is 39.3 Å². The fourth-order valence-electron chi connectivity index (χ4n) is 3.16. The van der Waals surface area contributed by atoms with Gasteiger partial charge in [0.2, 0.25) is 5.91 Å². The lowest BCUT2D eigenvalue weighted by atomic mass is 10.2. The minimum atomic E-state index is -0.245. The van der Waals surface area contributed by atoms with Crippen LogP contribution in [0, 0.1) is 0 Å². The fourth-order valence-corrected chi connectivity index (χ4v) is 3.16. The third kappa shape index (κ3) is 4.55. The van der Waals surface area contributed by atoms with Crippen LogP contribution in [0.2, 0.25) is 0 Å². The number of carbonyl (C=O) groups excluding carboxylic acids is 2. The Labute approximate surface area is 142 Å². The van der Waals surface area contributed by atoms with Crippen molar-refractivity contribution in [2.75, 3.05) is 39.3 Å². The molecule has 0 saturated carbocycles. The lowest BCUT2D eigenvalue weighted by Gasteiger charge is -2.35. The van der Waals surface area contributed by atoms with Gasteiger partial charge < -0.3 is 15.0 Å². The van der Waals surface area contributed by atoms with E-state index in [0.29, 0.717) is 32.8 Å². The monoisotopic (exact) mass is 331 g/mol. The zero-order chi connectivity index (χ0) is 16.8. The molecule has 1 atom stereocenters. The molecule has 0 aliphatic carbocycles. The molecule has 2 saturated heterocycles. The van der Waals surface area contributed by atoms with Crippen molar-refractivity contribution in [2.45, 2.75) is 25.5 Å². The summed E-state index contributed by atoms with van der Waals surface area (Å²) in [5.41, 5.74) is 1.10. The zero-order valence-electron chi connectivity index (χ0n) is 13.9. The maximum Gasteiger partial charge on any atom is 0.251 e. The Morgan fingerprint density at radius 1 is 1.12 bits per heavy atom. The van der Waals surface area contributed by atoms with E-state index in [0.717, 1.165) is 31.5 Å². The van der Waals surface area contributed by atoms with Crippen LogP contribution in [-0.4, -0.2) is 67.0 Å². The molecular weight excluding hydrogens is 306 g/mol. The molecule has 24 heavy (non-hydrogen) atoms. The van der Waals surface area contributed by atoms with E-state index in [2.05, 4.69) is 10.2 Å². The van der Waals surface area contributed by atoms with Gasteiger partial charge in [0.1, 0.15) is 6.10 Å². The van der Waals surface area contributed by atoms with Crippen LogP contribution in [0.4, 0.5) is 0 Å². The van der Waals surface area contributed by atoms with Crippen molar-refractivity contribution in [3.8, 4) is 0 Å². The first-order valence-corrected chi connectivity index (χ1v) is 8.66. The number of ether oxygens (including phenoxy) is 1. The van der Waals surface area contributed by atoms with Crippen molar-refractivity contribution in [2.24, 2.45) is 0 Å². The van der Waals surface area contributed by atoms with Gasteiger partial charge in [-0.1, -0.05) is 30.3 Å². The molecule has 130 valence electrons. The summed E-state index contributed by atoms with van der Waals surface area (Å²) in [5.74, 6) is 0.137. The third-order valence-corrected chi connectivity index (χ3v) is 4.59. The van der Waals surface area contributed by atoms with Crippen LogP contribution in [0.5, 0.6) is 0 Å². The minimum Gasteiger partial charge on any atom is -0.368 e. The number of hydrogen-bond acceptors (Lipinski definition) is 4. The van der Waals surface area contributed by atoms with Crippen LogP contribution >= 0.6 is 0 Å². The van der Waals surface area contributed by atoms with Crippen molar-refractivity contribution >= 4 is 11.8 Å². The number of amides is 2. The average molecular weight is 331 g/mol. The molecule has 0 spiro atoms. The summed E-state index contributed by atoms with van der Waals surface area (Å²) in [5, 5.41) is 2.94. The molecule has 1 aromatic carbocycles. The number of piperazine rings is 1. The number of benzene rings is 1. The summed E-state index contributed by atoms with van der Waals surface area (Å²) < 4.78 is 5.46. The summed E-state index contributed by atoms with van der Waals surface area (Å²) in [4.78, 5) is 28.3. The zero-order valence-corrected chi connectivity index (χ0v) is 13.9. The molecule has 2 amide bonds. The second kappa shape index (κ2) is 8.26. The molecule has 0 bridgehead atoms. The Hall–Kier alpha value is -1.92. The Bertz CT molecular complexity index is 550. The molecule has 0 aromatic heterocycles. The first-order chi connectivity index (χ1) is 11.7. The predicted octanol–water partition coefficient (Wildman–Crippen LogP) is 0.626. The van der Waals surface area contributed by atoms with E-state index < -0.39 is 0 Å².